The Morgan fingerprint density at radius 2 is 2.00 bits per heavy atom. The molecule has 1 fully saturated rings. The summed E-state index contributed by atoms with van der Waals surface area (Å²) in [6, 6.07) is 5.12. The molecule has 1 aliphatic rings. The van der Waals surface area contributed by atoms with E-state index >= 15 is 0 Å². The summed E-state index contributed by atoms with van der Waals surface area (Å²) in [5, 5.41) is 12.9. The molecule has 1 saturated carbocycles. The van der Waals surface area contributed by atoms with E-state index in [1.807, 2.05) is 7.05 Å². The Hall–Kier alpha value is -0.810. The molecule has 0 aromatic heterocycles. The molecule has 0 aliphatic heterocycles. The number of amides is 1. The van der Waals surface area contributed by atoms with Crippen LogP contribution in [0.2, 0.25) is 10.0 Å². The number of para-hydroxylation sites is 1. The Morgan fingerprint density at radius 1 is 1.38 bits per heavy atom. The Morgan fingerprint density at radius 3 is 2.57 bits per heavy atom. The van der Waals surface area contributed by atoms with Crippen LogP contribution in [-0.4, -0.2) is 42.2 Å². The number of carbonyl (C=O) groups excluding carboxylic acids is 1. The van der Waals surface area contributed by atoms with E-state index in [4.69, 9.17) is 23.2 Å². The van der Waals surface area contributed by atoms with Crippen molar-refractivity contribution in [3.05, 3.63) is 28.2 Å². The van der Waals surface area contributed by atoms with Crippen molar-refractivity contribution in [1.82, 2.24) is 4.90 Å². The van der Waals surface area contributed by atoms with Crippen molar-refractivity contribution in [3.63, 3.8) is 0 Å². The first kappa shape index (κ1) is 16.6. The van der Waals surface area contributed by atoms with Crippen molar-refractivity contribution in [3.8, 4) is 0 Å². The summed E-state index contributed by atoms with van der Waals surface area (Å²) >= 11 is 12.0. The molecular weight excluding hydrogens is 311 g/mol. The number of anilines is 1. The molecule has 6 heteroatoms. The van der Waals surface area contributed by atoms with E-state index in [2.05, 4.69) is 10.2 Å². The number of hydrogen-bond donors (Lipinski definition) is 2. The predicted octanol–water partition coefficient (Wildman–Crippen LogP) is 3.02. The van der Waals surface area contributed by atoms with Gasteiger partial charge in [0.15, 0.2) is 0 Å². The molecule has 4 nitrogen and oxygen atoms in total. The van der Waals surface area contributed by atoms with E-state index in [-0.39, 0.29) is 12.0 Å². The number of benzene rings is 1. The highest BCUT2D eigenvalue weighted by Crippen LogP contribution is 2.30. The van der Waals surface area contributed by atoms with Gasteiger partial charge in [-0.05, 0) is 37.9 Å². The van der Waals surface area contributed by atoms with Crippen LogP contribution in [0.1, 0.15) is 19.3 Å². The van der Waals surface area contributed by atoms with Gasteiger partial charge in [-0.25, -0.2) is 0 Å². The first-order chi connectivity index (χ1) is 9.95. The zero-order valence-electron chi connectivity index (χ0n) is 12.0. The van der Waals surface area contributed by atoms with Crippen LogP contribution in [0, 0.1) is 5.92 Å². The van der Waals surface area contributed by atoms with Crippen molar-refractivity contribution in [1.29, 1.82) is 0 Å². The molecule has 1 aromatic carbocycles. The fourth-order valence-electron chi connectivity index (χ4n) is 2.49. The monoisotopic (exact) mass is 330 g/mol. The number of aliphatic hydroxyl groups excluding tert-OH is 1. The Labute approximate surface area is 135 Å². The van der Waals surface area contributed by atoms with Gasteiger partial charge in [0.05, 0.1) is 21.8 Å². The Balaban J connectivity index is 1.74. The average Bonchev–Trinajstić information content (AvgIpc) is 2.39. The lowest BCUT2D eigenvalue weighted by Crippen LogP contribution is -2.38. The minimum atomic E-state index is -0.130. The molecule has 2 N–H and O–H groups in total. The number of carbonyl (C=O) groups is 1. The van der Waals surface area contributed by atoms with Crippen molar-refractivity contribution in [2.75, 3.05) is 25.5 Å². The van der Waals surface area contributed by atoms with Crippen molar-refractivity contribution >= 4 is 34.8 Å². The van der Waals surface area contributed by atoms with Crippen LogP contribution >= 0.6 is 23.2 Å². The van der Waals surface area contributed by atoms with Crippen LogP contribution in [0.15, 0.2) is 18.2 Å². The average molecular weight is 331 g/mol. The number of nitrogens with one attached hydrogen (secondary N) is 1. The molecule has 0 heterocycles. The molecule has 2 rings (SSSR count). The van der Waals surface area contributed by atoms with Crippen LogP contribution in [0.25, 0.3) is 0 Å². The maximum Gasteiger partial charge on any atom is 0.225 e. The number of rotatable bonds is 6. The fraction of sp³-hybridized carbons (Fsp3) is 0.533. The van der Waals surface area contributed by atoms with Gasteiger partial charge in [0, 0.05) is 19.5 Å². The number of halogens is 2. The largest absolute Gasteiger partial charge is 0.393 e. The van der Waals surface area contributed by atoms with Gasteiger partial charge in [-0.15, -0.1) is 0 Å². The summed E-state index contributed by atoms with van der Waals surface area (Å²) in [6.07, 6.45) is 1.99. The normalized spacial score (nSPS) is 21.2. The molecule has 0 atom stereocenters. The molecule has 0 radical (unpaired) electrons. The summed E-state index contributed by atoms with van der Waals surface area (Å²) < 4.78 is 0. The maximum absolute atomic E-state index is 11.9. The van der Waals surface area contributed by atoms with Gasteiger partial charge < -0.3 is 15.3 Å². The minimum Gasteiger partial charge on any atom is -0.393 e. The van der Waals surface area contributed by atoms with Crippen molar-refractivity contribution in [2.45, 2.75) is 25.4 Å². The maximum atomic E-state index is 11.9. The van der Waals surface area contributed by atoms with Gasteiger partial charge in [-0.1, -0.05) is 29.3 Å². The van der Waals surface area contributed by atoms with E-state index in [0.29, 0.717) is 34.6 Å². The SMILES string of the molecule is CN(CCC(=O)Nc1c(Cl)cccc1Cl)CC1CC(O)C1. The van der Waals surface area contributed by atoms with E-state index in [1.54, 1.807) is 18.2 Å². The molecule has 0 spiro atoms. The van der Waals surface area contributed by atoms with E-state index in [1.165, 1.54) is 0 Å². The van der Waals surface area contributed by atoms with Gasteiger partial charge in [0.25, 0.3) is 0 Å². The van der Waals surface area contributed by atoms with Gasteiger partial charge >= 0.3 is 0 Å². The zero-order valence-corrected chi connectivity index (χ0v) is 13.5. The first-order valence-corrected chi connectivity index (χ1v) is 7.81. The molecular formula is C15H20Cl2N2O2. The first-order valence-electron chi connectivity index (χ1n) is 7.06. The topological polar surface area (TPSA) is 52.6 Å². The van der Waals surface area contributed by atoms with Crippen LogP contribution in [0.5, 0.6) is 0 Å². The summed E-state index contributed by atoms with van der Waals surface area (Å²) in [5.74, 6) is 0.441. The summed E-state index contributed by atoms with van der Waals surface area (Å²) in [5.41, 5.74) is 0.468. The van der Waals surface area contributed by atoms with Gasteiger partial charge in [0.1, 0.15) is 0 Å². The molecule has 0 unspecified atom stereocenters. The van der Waals surface area contributed by atoms with Crippen LogP contribution in [0.4, 0.5) is 5.69 Å². The van der Waals surface area contributed by atoms with Gasteiger partial charge in [-0.2, -0.15) is 0 Å². The molecule has 1 aliphatic carbocycles. The van der Waals surface area contributed by atoms with Crippen LogP contribution in [-0.2, 0) is 4.79 Å². The third-order valence-corrected chi connectivity index (χ3v) is 4.36. The van der Waals surface area contributed by atoms with Crippen molar-refractivity contribution < 1.29 is 9.90 Å². The lowest BCUT2D eigenvalue weighted by molar-refractivity contribution is -0.116. The second-order valence-corrected chi connectivity index (χ2v) is 6.46. The Bertz CT molecular complexity index is 484. The smallest absolute Gasteiger partial charge is 0.225 e. The second kappa shape index (κ2) is 7.45. The number of aliphatic hydroxyl groups is 1. The number of hydrogen-bond acceptors (Lipinski definition) is 3. The summed E-state index contributed by atoms with van der Waals surface area (Å²) in [6.45, 7) is 1.58. The zero-order chi connectivity index (χ0) is 15.4. The number of nitrogens with zero attached hydrogens (tertiary/aromatic N) is 1. The standard InChI is InChI=1S/C15H20Cl2N2O2/c1-19(9-10-7-11(20)8-10)6-5-14(21)18-15-12(16)3-2-4-13(15)17/h2-4,10-11,20H,5-9H2,1H3,(H,18,21). The molecule has 0 bridgehead atoms. The highest BCUT2D eigenvalue weighted by atomic mass is 35.5. The second-order valence-electron chi connectivity index (χ2n) is 5.65. The molecule has 1 aromatic rings. The highest BCUT2D eigenvalue weighted by Gasteiger charge is 2.27. The summed E-state index contributed by atoms with van der Waals surface area (Å²) in [4.78, 5) is 14.1. The lowest BCUT2D eigenvalue weighted by atomic mass is 9.82. The van der Waals surface area contributed by atoms with Gasteiger partial charge in [-0.3, -0.25) is 4.79 Å². The molecule has 1 amide bonds. The minimum absolute atomic E-state index is 0.106. The van der Waals surface area contributed by atoms with Crippen molar-refractivity contribution in [2.24, 2.45) is 5.92 Å². The lowest BCUT2D eigenvalue weighted by Gasteiger charge is -2.34. The third-order valence-electron chi connectivity index (χ3n) is 3.73. The van der Waals surface area contributed by atoms with E-state index < -0.39 is 0 Å². The Kier molecular flexibility index (Phi) is 5.88. The fourth-order valence-corrected chi connectivity index (χ4v) is 2.99. The van der Waals surface area contributed by atoms with E-state index in [9.17, 15) is 9.90 Å². The molecule has 116 valence electrons. The highest BCUT2D eigenvalue weighted by molar-refractivity contribution is 6.39. The van der Waals surface area contributed by atoms with Gasteiger partial charge in [0.2, 0.25) is 5.91 Å². The van der Waals surface area contributed by atoms with Crippen LogP contribution in [0.3, 0.4) is 0 Å². The third kappa shape index (κ3) is 4.85. The predicted molar refractivity (Wildman–Crippen MR) is 85.9 cm³/mol. The quantitative estimate of drug-likeness (QED) is 0.842. The molecule has 21 heavy (non-hydrogen) atoms. The summed E-state index contributed by atoms with van der Waals surface area (Å²) in [7, 11) is 1.99. The molecule has 0 saturated heterocycles. The van der Waals surface area contributed by atoms with Crippen LogP contribution < -0.4 is 5.32 Å². The van der Waals surface area contributed by atoms with E-state index in [0.717, 1.165) is 19.4 Å².